The van der Waals surface area contributed by atoms with E-state index in [0.717, 1.165) is 26.9 Å². The van der Waals surface area contributed by atoms with Crippen molar-refractivity contribution in [2.75, 3.05) is 10.6 Å². The van der Waals surface area contributed by atoms with Gasteiger partial charge in [-0.3, -0.25) is 14.4 Å². The number of hydrogen-bond acceptors (Lipinski definition) is 6. The van der Waals surface area contributed by atoms with Crippen LogP contribution in [0.1, 0.15) is 22.8 Å². The topological polar surface area (TPSA) is 100 Å². The highest BCUT2D eigenvalue weighted by Crippen LogP contribution is 2.31. The van der Waals surface area contributed by atoms with Gasteiger partial charge in [0, 0.05) is 42.7 Å². The second-order valence-electron chi connectivity index (χ2n) is 10.8. The first-order valence-electron chi connectivity index (χ1n) is 15.1. The third-order valence-electron chi connectivity index (χ3n) is 7.37. The van der Waals surface area contributed by atoms with Crippen molar-refractivity contribution in [3.05, 3.63) is 148 Å². The number of thioether (sulfide) groups is 1. The van der Waals surface area contributed by atoms with Gasteiger partial charge in [-0.15, -0.1) is 23.1 Å². The third-order valence-corrected chi connectivity index (χ3v) is 9.88. The molecule has 0 fully saturated rings. The first kappa shape index (κ1) is 34.0. The fourth-order valence-electron chi connectivity index (χ4n) is 4.86. The van der Waals surface area contributed by atoms with E-state index < -0.39 is 17.1 Å². The van der Waals surface area contributed by atoms with Gasteiger partial charge in [0.25, 0.3) is 11.8 Å². The van der Waals surface area contributed by atoms with Crippen LogP contribution in [0.15, 0.2) is 131 Å². The Bertz CT molecular complexity index is 2180. The number of nitrogens with one attached hydrogen (secondary N) is 3. The van der Waals surface area contributed by atoms with Crippen molar-refractivity contribution < 1.29 is 14.4 Å². The maximum atomic E-state index is 13.6. The van der Waals surface area contributed by atoms with Gasteiger partial charge in [0.1, 0.15) is 5.70 Å². The van der Waals surface area contributed by atoms with E-state index in [1.165, 1.54) is 29.2 Å². The average Bonchev–Trinajstić information content (AvgIpc) is 3.58. The summed E-state index contributed by atoms with van der Waals surface area (Å²) < 4.78 is 0. The van der Waals surface area contributed by atoms with E-state index in [-0.39, 0.29) is 11.6 Å². The van der Waals surface area contributed by atoms with Crippen LogP contribution in [0.4, 0.5) is 10.8 Å². The monoisotopic (exact) mass is 722 g/mol. The van der Waals surface area contributed by atoms with E-state index in [1.54, 1.807) is 73.7 Å². The van der Waals surface area contributed by atoms with Crippen molar-refractivity contribution in [1.82, 2.24) is 10.3 Å². The Morgan fingerprint density at radius 3 is 2.29 bits per heavy atom. The number of rotatable bonds is 10. The molecule has 5 aromatic carbocycles. The summed E-state index contributed by atoms with van der Waals surface area (Å²) >= 11 is 15.4. The minimum Gasteiger partial charge on any atom is -0.321 e. The molecule has 0 radical (unpaired) electrons. The highest BCUT2D eigenvalue weighted by atomic mass is 35.5. The quantitative estimate of drug-likeness (QED) is 0.0966. The smallest absolute Gasteiger partial charge is 0.272 e. The zero-order valence-corrected chi connectivity index (χ0v) is 29.1. The maximum Gasteiger partial charge on any atom is 0.272 e. The summed E-state index contributed by atoms with van der Waals surface area (Å²) in [5, 5.41) is 13.3. The zero-order chi connectivity index (χ0) is 34.3. The predicted molar refractivity (Wildman–Crippen MR) is 202 cm³/mol. The molecule has 7 nitrogen and oxygen atoms in total. The predicted octanol–water partition coefficient (Wildman–Crippen LogP) is 9.80. The molecule has 3 N–H and O–H groups in total. The van der Waals surface area contributed by atoms with Gasteiger partial charge in [0.15, 0.2) is 5.13 Å². The number of halogens is 2. The maximum absolute atomic E-state index is 13.6. The average molecular weight is 724 g/mol. The van der Waals surface area contributed by atoms with Crippen LogP contribution in [0.2, 0.25) is 10.0 Å². The Hall–Kier alpha value is -4.93. The van der Waals surface area contributed by atoms with Gasteiger partial charge in [0.05, 0.1) is 10.9 Å². The molecular formula is C38H28Cl2N4O3S2. The molecule has 11 heteroatoms. The second-order valence-corrected chi connectivity index (χ2v) is 13.9. The lowest BCUT2D eigenvalue weighted by molar-refractivity contribution is -0.115. The molecule has 0 spiro atoms. The van der Waals surface area contributed by atoms with Gasteiger partial charge in [-0.1, -0.05) is 89.9 Å². The van der Waals surface area contributed by atoms with Gasteiger partial charge in [-0.25, -0.2) is 4.98 Å². The molecule has 244 valence electrons. The number of thiazole rings is 1. The number of carbonyl (C=O) groups is 3. The van der Waals surface area contributed by atoms with Crippen LogP contribution < -0.4 is 16.0 Å². The van der Waals surface area contributed by atoms with Gasteiger partial charge in [0.2, 0.25) is 5.91 Å². The van der Waals surface area contributed by atoms with Crippen molar-refractivity contribution in [2.24, 2.45) is 0 Å². The highest BCUT2D eigenvalue weighted by Gasteiger charge is 2.19. The Balaban J connectivity index is 1.13. The molecular weight excluding hydrogens is 695 g/mol. The Morgan fingerprint density at radius 1 is 0.796 bits per heavy atom. The highest BCUT2D eigenvalue weighted by molar-refractivity contribution is 8.00. The summed E-state index contributed by atoms with van der Waals surface area (Å²) in [6.07, 6.45) is 1.44. The minimum atomic E-state index is -0.584. The van der Waals surface area contributed by atoms with Gasteiger partial charge in [-0.05, 0) is 72.3 Å². The lowest BCUT2D eigenvalue weighted by Crippen LogP contribution is -2.30. The van der Waals surface area contributed by atoms with Crippen molar-refractivity contribution >= 4 is 91.7 Å². The van der Waals surface area contributed by atoms with Gasteiger partial charge < -0.3 is 16.0 Å². The van der Waals surface area contributed by atoms with Crippen LogP contribution >= 0.6 is 46.3 Å². The third kappa shape index (κ3) is 8.57. The Kier molecular flexibility index (Phi) is 10.8. The molecule has 0 bridgehead atoms. The fourth-order valence-corrected chi connectivity index (χ4v) is 7.01. The number of fused-ring (bicyclic) bond motifs is 1. The SMILES string of the molecule is CC(Sc1cccc(NC(=O)/C(=C\c2c(Cl)cccc2Cl)NC(=O)c2ccccc2)c1)C(=O)Nc1nc(-c2ccc3ccccc3c2)cs1. The normalized spacial score (nSPS) is 11.9. The lowest BCUT2D eigenvalue weighted by Gasteiger charge is -2.14. The minimum absolute atomic E-state index is 0.0545. The standard InChI is InChI=1S/C38H28Cl2N4O3S2/c1-23(35(45)44-38-43-34(22-48-38)27-18-17-24-9-5-6-12-26(24)19-27)49-29-14-7-13-28(20-29)41-37(47)33(21-30-31(39)15-8-16-32(30)40)42-36(46)25-10-3-2-4-11-25/h2-23H,1H3,(H,41,47)(H,42,46)(H,43,44,45)/b33-21+. The number of hydrogen-bond donors (Lipinski definition) is 3. The number of amides is 3. The van der Waals surface area contributed by atoms with Crippen LogP contribution in [-0.2, 0) is 9.59 Å². The Labute approximate surface area is 301 Å². The molecule has 0 saturated heterocycles. The second kappa shape index (κ2) is 15.5. The van der Waals surface area contributed by atoms with Crippen LogP contribution in [0.3, 0.4) is 0 Å². The van der Waals surface area contributed by atoms with Crippen LogP contribution in [0.5, 0.6) is 0 Å². The van der Waals surface area contributed by atoms with Gasteiger partial charge >= 0.3 is 0 Å². The first-order chi connectivity index (χ1) is 23.7. The molecule has 49 heavy (non-hydrogen) atoms. The van der Waals surface area contributed by atoms with Crippen molar-refractivity contribution in [2.45, 2.75) is 17.1 Å². The molecule has 0 aliphatic heterocycles. The van der Waals surface area contributed by atoms with E-state index in [2.05, 4.69) is 45.2 Å². The summed E-state index contributed by atoms with van der Waals surface area (Å²) in [5.41, 5.74) is 2.94. The van der Waals surface area contributed by atoms with Crippen LogP contribution in [0.25, 0.3) is 28.1 Å². The molecule has 1 aromatic heterocycles. The Morgan fingerprint density at radius 2 is 1.51 bits per heavy atom. The molecule has 6 rings (SSSR count). The number of anilines is 2. The fraction of sp³-hybridized carbons (Fsp3) is 0.0526. The first-order valence-corrected chi connectivity index (χ1v) is 17.6. The summed E-state index contributed by atoms with van der Waals surface area (Å²) in [7, 11) is 0. The van der Waals surface area contributed by atoms with E-state index in [4.69, 9.17) is 23.2 Å². The number of nitrogens with zero attached hydrogens (tertiary/aromatic N) is 1. The molecule has 1 heterocycles. The molecule has 1 unspecified atom stereocenters. The lowest BCUT2D eigenvalue weighted by atomic mass is 10.1. The van der Waals surface area contributed by atoms with Crippen molar-refractivity contribution in [1.29, 1.82) is 0 Å². The van der Waals surface area contributed by atoms with Crippen molar-refractivity contribution in [3.63, 3.8) is 0 Å². The van der Waals surface area contributed by atoms with E-state index in [1.807, 2.05) is 29.6 Å². The van der Waals surface area contributed by atoms with Crippen molar-refractivity contribution in [3.8, 4) is 11.3 Å². The van der Waals surface area contributed by atoms with E-state index >= 15 is 0 Å². The summed E-state index contributed by atoms with van der Waals surface area (Å²) in [6, 6.07) is 34.9. The zero-order valence-electron chi connectivity index (χ0n) is 25.9. The summed E-state index contributed by atoms with van der Waals surface area (Å²) in [6.45, 7) is 1.80. The van der Waals surface area contributed by atoms with E-state index in [9.17, 15) is 14.4 Å². The summed E-state index contributed by atoms with van der Waals surface area (Å²) in [5.74, 6) is -1.26. The molecule has 6 aromatic rings. The number of aromatic nitrogens is 1. The molecule has 0 saturated carbocycles. The molecule has 0 aliphatic rings. The molecule has 3 amide bonds. The summed E-state index contributed by atoms with van der Waals surface area (Å²) in [4.78, 5) is 45.1. The molecule has 1 atom stereocenters. The van der Waals surface area contributed by atoms with Crippen LogP contribution in [-0.4, -0.2) is 28.0 Å². The van der Waals surface area contributed by atoms with E-state index in [0.29, 0.717) is 32.0 Å². The number of carbonyl (C=O) groups excluding carboxylic acids is 3. The van der Waals surface area contributed by atoms with Gasteiger partial charge in [-0.2, -0.15) is 0 Å². The largest absolute Gasteiger partial charge is 0.321 e. The van der Waals surface area contributed by atoms with Crippen LogP contribution in [0, 0.1) is 0 Å². The molecule has 0 aliphatic carbocycles. The number of benzene rings is 5.